The Morgan fingerprint density at radius 1 is 1.26 bits per heavy atom. The fraction of sp³-hybridized carbons (Fsp3) is 0.556. The van der Waals surface area contributed by atoms with Gasteiger partial charge in [-0.1, -0.05) is 56.3 Å². The number of aromatic nitrogens is 1. The first-order valence-electron chi connectivity index (χ1n) is 8.61. The number of hydrogen-bond acceptors (Lipinski definition) is 3. The van der Waals surface area contributed by atoms with Crippen LogP contribution >= 0.6 is 11.5 Å². The number of hydrogen-bond donors (Lipinski definition) is 1. The largest absolute Gasteiger partial charge is 0.352 e. The van der Waals surface area contributed by atoms with Crippen LogP contribution < -0.4 is 10.9 Å². The molecule has 1 heterocycles. The van der Waals surface area contributed by atoms with Crippen molar-refractivity contribution in [2.45, 2.75) is 64.0 Å². The number of carbonyl (C=O) groups is 1. The molecule has 4 nitrogen and oxygen atoms in total. The molecule has 2 aromatic rings. The van der Waals surface area contributed by atoms with Gasteiger partial charge in [0, 0.05) is 6.04 Å². The SMILES string of the molecule is CC[C@@H](C(=O)NC1CCCCCC1)n1sc2ccccc2c1=O. The second-order valence-corrected chi connectivity index (χ2v) is 7.36. The second-order valence-electron chi connectivity index (χ2n) is 6.34. The van der Waals surface area contributed by atoms with Gasteiger partial charge in [-0.25, -0.2) is 0 Å². The Labute approximate surface area is 140 Å². The van der Waals surface area contributed by atoms with E-state index in [1.165, 1.54) is 37.2 Å². The van der Waals surface area contributed by atoms with Crippen molar-refractivity contribution in [2.75, 3.05) is 0 Å². The van der Waals surface area contributed by atoms with E-state index < -0.39 is 6.04 Å². The molecule has 0 aliphatic heterocycles. The Kier molecular flexibility index (Phi) is 5.16. The third-order valence-corrected chi connectivity index (χ3v) is 5.86. The highest BCUT2D eigenvalue weighted by Crippen LogP contribution is 2.23. The van der Waals surface area contributed by atoms with E-state index in [9.17, 15) is 9.59 Å². The monoisotopic (exact) mass is 332 g/mol. The van der Waals surface area contributed by atoms with Gasteiger partial charge in [0.2, 0.25) is 5.91 Å². The van der Waals surface area contributed by atoms with E-state index in [0.29, 0.717) is 11.8 Å². The summed E-state index contributed by atoms with van der Waals surface area (Å²) >= 11 is 1.39. The molecule has 1 amide bonds. The molecular formula is C18H24N2O2S. The van der Waals surface area contributed by atoms with Crippen LogP contribution in [0.25, 0.3) is 10.1 Å². The lowest BCUT2D eigenvalue weighted by Gasteiger charge is -2.21. The van der Waals surface area contributed by atoms with Gasteiger partial charge in [0.05, 0.1) is 10.1 Å². The molecule has 0 radical (unpaired) electrons. The van der Waals surface area contributed by atoms with Gasteiger partial charge < -0.3 is 5.32 Å². The minimum atomic E-state index is -0.400. The topological polar surface area (TPSA) is 51.1 Å². The van der Waals surface area contributed by atoms with Crippen molar-refractivity contribution in [2.24, 2.45) is 0 Å². The number of nitrogens with zero attached hydrogens (tertiary/aromatic N) is 1. The van der Waals surface area contributed by atoms with E-state index in [1.807, 2.05) is 31.2 Å². The zero-order chi connectivity index (χ0) is 16.2. The van der Waals surface area contributed by atoms with E-state index in [1.54, 1.807) is 3.96 Å². The van der Waals surface area contributed by atoms with E-state index in [4.69, 9.17) is 0 Å². The van der Waals surface area contributed by atoms with Gasteiger partial charge in [-0.2, -0.15) is 0 Å². The lowest BCUT2D eigenvalue weighted by atomic mass is 10.1. The summed E-state index contributed by atoms with van der Waals surface area (Å²) < 4.78 is 2.59. The molecule has 1 aliphatic carbocycles. The average Bonchev–Trinajstić information content (AvgIpc) is 2.74. The maximum Gasteiger partial charge on any atom is 0.269 e. The number of fused-ring (bicyclic) bond motifs is 1. The van der Waals surface area contributed by atoms with Crippen molar-refractivity contribution < 1.29 is 4.79 Å². The van der Waals surface area contributed by atoms with Gasteiger partial charge in [-0.15, -0.1) is 0 Å². The van der Waals surface area contributed by atoms with Gasteiger partial charge >= 0.3 is 0 Å². The Balaban J connectivity index is 1.81. The first kappa shape index (κ1) is 16.2. The molecule has 3 rings (SSSR count). The van der Waals surface area contributed by atoms with E-state index in [0.717, 1.165) is 17.5 Å². The molecule has 1 aliphatic rings. The number of amides is 1. The number of rotatable bonds is 4. The van der Waals surface area contributed by atoms with Crippen molar-refractivity contribution in [1.82, 2.24) is 9.27 Å². The van der Waals surface area contributed by atoms with Crippen LogP contribution in [0.15, 0.2) is 29.1 Å². The third kappa shape index (κ3) is 3.50. The molecule has 0 unspecified atom stereocenters. The first-order valence-corrected chi connectivity index (χ1v) is 9.39. The predicted molar refractivity (Wildman–Crippen MR) is 95.0 cm³/mol. The molecule has 0 bridgehead atoms. The summed E-state index contributed by atoms with van der Waals surface area (Å²) in [5.41, 5.74) is -0.0477. The minimum Gasteiger partial charge on any atom is -0.352 e. The minimum absolute atomic E-state index is 0.00643. The second kappa shape index (κ2) is 7.30. The maximum atomic E-state index is 12.7. The highest BCUT2D eigenvalue weighted by molar-refractivity contribution is 7.14. The molecule has 0 saturated heterocycles. The molecule has 1 saturated carbocycles. The Morgan fingerprint density at radius 2 is 1.96 bits per heavy atom. The van der Waals surface area contributed by atoms with E-state index in [-0.39, 0.29) is 17.5 Å². The summed E-state index contributed by atoms with van der Waals surface area (Å²) in [6.45, 7) is 1.97. The highest BCUT2D eigenvalue weighted by Gasteiger charge is 2.25. The third-order valence-electron chi connectivity index (χ3n) is 4.69. The van der Waals surface area contributed by atoms with Crippen LogP contribution in [0.3, 0.4) is 0 Å². The fourth-order valence-corrected chi connectivity index (χ4v) is 4.53. The van der Waals surface area contributed by atoms with Crippen molar-refractivity contribution in [3.05, 3.63) is 34.6 Å². The normalized spacial score (nSPS) is 17.8. The van der Waals surface area contributed by atoms with Crippen LogP contribution in [-0.2, 0) is 4.79 Å². The summed E-state index contributed by atoms with van der Waals surface area (Å²) in [7, 11) is 0. The Hall–Kier alpha value is -1.62. The standard InChI is InChI=1S/C18H24N2O2S/c1-2-15(17(21)19-13-9-5-3-4-6-10-13)20-18(22)14-11-7-8-12-16(14)23-20/h7-8,11-13,15H,2-6,9-10H2,1H3,(H,19,21)/t15-/m0/s1. The molecule has 1 aromatic heterocycles. The highest BCUT2D eigenvalue weighted by atomic mass is 32.1. The lowest BCUT2D eigenvalue weighted by Crippen LogP contribution is -2.40. The van der Waals surface area contributed by atoms with Gasteiger partial charge in [0.25, 0.3) is 5.56 Å². The predicted octanol–water partition coefficient (Wildman–Crippen LogP) is 3.85. The van der Waals surface area contributed by atoms with Crippen LogP contribution in [0.1, 0.15) is 57.9 Å². The lowest BCUT2D eigenvalue weighted by molar-refractivity contribution is -0.125. The zero-order valence-electron chi connectivity index (χ0n) is 13.6. The molecule has 5 heteroatoms. The zero-order valence-corrected chi connectivity index (χ0v) is 14.4. The summed E-state index contributed by atoms with van der Waals surface area (Å²) in [6.07, 6.45) is 7.64. The van der Waals surface area contributed by atoms with Gasteiger partial charge in [0.15, 0.2) is 0 Å². The van der Waals surface area contributed by atoms with Crippen LogP contribution in [0, 0.1) is 0 Å². The summed E-state index contributed by atoms with van der Waals surface area (Å²) in [6, 6.07) is 7.43. The van der Waals surface area contributed by atoms with Crippen molar-refractivity contribution in [1.29, 1.82) is 0 Å². The summed E-state index contributed by atoms with van der Waals surface area (Å²) in [4.78, 5) is 25.3. The van der Waals surface area contributed by atoms with Crippen LogP contribution in [0.5, 0.6) is 0 Å². The van der Waals surface area contributed by atoms with Crippen LogP contribution in [0.2, 0.25) is 0 Å². The molecule has 23 heavy (non-hydrogen) atoms. The number of nitrogens with one attached hydrogen (secondary N) is 1. The van der Waals surface area contributed by atoms with Crippen LogP contribution in [0.4, 0.5) is 0 Å². The van der Waals surface area contributed by atoms with Gasteiger partial charge in [-0.3, -0.25) is 13.5 Å². The molecule has 124 valence electrons. The summed E-state index contributed by atoms with van der Waals surface area (Å²) in [5, 5.41) is 3.89. The van der Waals surface area contributed by atoms with E-state index >= 15 is 0 Å². The Bertz CT molecular complexity index is 726. The maximum absolute atomic E-state index is 12.7. The quantitative estimate of drug-likeness (QED) is 0.865. The molecule has 1 fully saturated rings. The van der Waals surface area contributed by atoms with E-state index in [2.05, 4.69) is 5.32 Å². The molecule has 1 atom stereocenters. The smallest absolute Gasteiger partial charge is 0.269 e. The summed E-state index contributed by atoms with van der Waals surface area (Å²) in [5.74, 6) is -0.00643. The fourth-order valence-electron chi connectivity index (χ4n) is 3.37. The van der Waals surface area contributed by atoms with Crippen molar-refractivity contribution in [3.63, 3.8) is 0 Å². The molecule has 0 spiro atoms. The van der Waals surface area contributed by atoms with Crippen molar-refractivity contribution >= 4 is 27.5 Å². The molecule has 1 N–H and O–H groups in total. The first-order chi connectivity index (χ1) is 11.2. The van der Waals surface area contributed by atoms with Gasteiger partial charge in [-0.05, 0) is 31.4 Å². The van der Waals surface area contributed by atoms with Crippen molar-refractivity contribution in [3.8, 4) is 0 Å². The molecule has 1 aromatic carbocycles. The Morgan fingerprint density at radius 3 is 2.61 bits per heavy atom. The van der Waals surface area contributed by atoms with Gasteiger partial charge in [0.1, 0.15) is 6.04 Å². The van der Waals surface area contributed by atoms with Crippen LogP contribution in [-0.4, -0.2) is 15.9 Å². The number of carbonyl (C=O) groups excluding carboxylic acids is 1. The molecular weight excluding hydrogens is 308 g/mol. The average molecular weight is 332 g/mol. The number of benzene rings is 1.